The Labute approximate surface area is 196 Å². The van der Waals surface area contributed by atoms with Crippen LogP contribution >= 0.6 is 0 Å². The van der Waals surface area contributed by atoms with Crippen molar-refractivity contribution in [2.24, 2.45) is 0 Å². The molecule has 0 bridgehead atoms. The van der Waals surface area contributed by atoms with Crippen LogP contribution in [0.3, 0.4) is 0 Å². The number of ether oxygens (including phenoxy) is 3. The lowest BCUT2D eigenvalue weighted by Gasteiger charge is -2.32. The van der Waals surface area contributed by atoms with E-state index < -0.39 is 35.4 Å². The minimum atomic E-state index is -1.19. The number of fused-ring (bicyclic) bond motifs is 1. The molecule has 0 aliphatic rings. The molecule has 2 aromatic rings. The fourth-order valence-electron chi connectivity index (χ4n) is 3.24. The number of aryl methyl sites for hydroxylation is 1. The zero-order valence-electron chi connectivity index (χ0n) is 20.6. The first-order valence-electron chi connectivity index (χ1n) is 11.2. The van der Waals surface area contributed by atoms with Crippen LogP contribution in [0.1, 0.15) is 60.5 Å². The quantitative estimate of drug-likeness (QED) is 0.398. The van der Waals surface area contributed by atoms with Gasteiger partial charge >= 0.3 is 18.2 Å². The van der Waals surface area contributed by atoms with Crippen molar-refractivity contribution in [2.75, 3.05) is 6.61 Å². The maximum Gasteiger partial charge on any atom is 0.420 e. The van der Waals surface area contributed by atoms with E-state index in [0.717, 1.165) is 21.2 Å². The average molecular weight is 458 g/mol. The molecular formula is C26H35NO6. The number of hydrogen-bond acceptors (Lipinski definition) is 6. The van der Waals surface area contributed by atoms with E-state index in [4.69, 9.17) is 14.2 Å². The van der Waals surface area contributed by atoms with E-state index in [1.165, 1.54) is 0 Å². The van der Waals surface area contributed by atoms with Crippen molar-refractivity contribution in [1.29, 1.82) is 0 Å². The lowest BCUT2D eigenvalue weighted by molar-refractivity contribution is -0.149. The van der Waals surface area contributed by atoms with Crippen LogP contribution in [-0.2, 0) is 25.4 Å². The van der Waals surface area contributed by atoms with E-state index in [1.807, 2.05) is 42.5 Å². The zero-order valence-corrected chi connectivity index (χ0v) is 20.6. The maximum absolute atomic E-state index is 13.0. The number of amides is 2. The van der Waals surface area contributed by atoms with Gasteiger partial charge in [0.1, 0.15) is 17.2 Å². The minimum Gasteiger partial charge on any atom is -0.464 e. The maximum atomic E-state index is 13.0. The third-order valence-corrected chi connectivity index (χ3v) is 4.57. The Morgan fingerprint density at radius 1 is 0.848 bits per heavy atom. The molecule has 0 saturated carbocycles. The molecule has 1 atom stereocenters. The fraction of sp³-hybridized carbons (Fsp3) is 0.500. The molecule has 0 aliphatic heterocycles. The second-order valence-corrected chi connectivity index (χ2v) is 9.82. The Kier molecular flexibility index (Phi) is 8.47. The van der Waals surface area contributed by atoms with Gasteiger partial charge in [0.25, 0.3) is 0 Å². The van der Waals surface area contributed by atoms with Crippen LogP contribution in [0.4, 0.5) is 9.59 Å². The molecular weight excluding hydrogens is 422 g/mol. The first-order valence-corrected chi connectivity index (χ1v) is 11.2. The van der Waals surface area contributed by atoms with Crippen LogP contribution in [0.5, 0.6) is 0 Å². The first-order chi connectivity index (χ1) is 15.3. The number of carbonyl (C=O) groups is 3. The predicted octanol–water partition coefficient (Wildman–Crippen LogP) is 5.88. The molecule has 7 nitrogen and oxygen atoms in total. The van der Waals surface area contributed by atoms with Crippen molar-refractivity contribution >= 4 is 28.9 Å². The number of imide groups is 1. The van der Waals surface area contributed by atoms with Crippen LogP contribution < -0.4 is 0 Å². The normalized spacial score (nSPS) is 12.7. The zero-order chi connectivity index (χ0) is 24.8. The molecule has 33 heavy (non-hydrogen) atoms. The predicted molar refractivity (Wildman–Crippen MR) is 127 cm³/mol. The highest BCUT2D eigenvalue weighted by atomic mass is 16.6. The molecule has 7 heteroatoms. The molecule has 0 radical (unpaired) electrons. The Morgan fingerprint density at radius 3 is 1.91 bits per heavy atom. The summed E-state index contributed by atoms with van der Waals surface area (Å²) in [5.74, 6) is -0.685. The lowest BCUT2D eigenvalue weighted by atomic mass is 10.0. The monoisotopic (exact) mass is 457 g/mol. The highest BCUT2D eigenvalue weighted by molar-refractivity contribution is 5.94. The summed E-state index contributed by atoms with van der Waals surface area (Å²) < 4.78 is 16.1. The van der Waals surface area contributed by atoms with Gasteiger partial charge in [-0.05, 0) is 77.6 Å². The Morgan fingerprint density at radius 2 is 1.39 bits per heavy atom. The van der Waals surface area contributed by atoms with Gasteiger partial charge in [-0.2, -0.15) is 4.90 Å². The van der Waals surface area contributed by atoms with Gasteiger partial charge in [0.15, 0.2) is 0 Å². The summed E-state index contributed by atoms with van der Waals surface area (Å²) in [7, 11) is 0. The molecule has 2 aromatic carbocycles. The molecule has 2 rings (SSSR count). The molecule has 0 aromatic heterocycles. The molecule has 0 heterocycles. The van der Waals surface area contributed by atoms with Crippen LogP contribution in [-0.4, -0.2) is 46.9 Å². The average Bonchev–Trinajstić information content (AvgIpc) is 2.68. The number of hydrogen-bond donors (Lipinski definition) is 0. The van der Waals surface area contributed by atoms with Crippen LogP contribution in [0.25, 0.3) is 10.8 Å². The summed E-state index contributed by atoms with van der Waals surface area (Å²) in [5.41, 5.74) is -0.764. The van der Waals surface area contributed by atoms with E-state index in [2.05, 4.69) is 0 Å². The summed E-state index contributed by atoms with van der Waals surface area (Å²) >= 11 is 0. The molecule has 1 unspecified atom stereocenters. The van der Waals surface area contributed by atoms with Crippen LogP contribution in [0, 0.1) is 0 Å². The van der Waals surface area contributed by atoms with Crippen LogP contribution in [0.15, 0.2) is 42.5 Å². The summed E-state index contributed by atoms with van der Waals surface area (Å²) in [6, 6.07) is 12.8. The van der Waals surface area contributed by atoms with Gasteiger partial charge < -0.3 is 14.2 Å². The summed E-state index contributed by atoms with van der Waals surface area (Å²) in [4.78, 5) is 39.7. The molecule has 0 saturated heterocycles. The van der Waals surface area contributed by atoms with Crippen molar-refractivity contribution in [3.8, 4) is 0 Å². The van der Waals surface area contributed by atoms with E-state index in [9.17, 15) is 14.4 Å². The first kappa shape index (κ1) is 26.2. The standard InChI is InChI=1S/C26H35NO6/c1-8-31-22(28)21(16-14-18-13-15-19-11-9-10-12-20(19)17-18)27(23(29)32-25(2,3)4)24(30)33-26(5,6)7/h9-13,15,17,21H,8,14,16H2,1-7H3. The van der Waals surface area contributed by atoms with Gasteiger partial charge in [0, 0.05) is 0 Å². The number of nitrogens with zero attached hydrogens (tertiary/aromatic N) is 1. The lowest BCUT2D eigenvalue weighted by Crippen LogP contribution is -2.52. The molecule has 0 spiro atoms. The van der Waals surface area contributed by atoms with E-state index in [0.29, 0.717) is 6.42 Å². The van der Waals surface area contributed by atoms with Gasteiger partial charge in [-0.15, -0.1) is 0 Å². The van der Waals surface area contributed by atoms with Crippen molar-refractivity contribution in [1.82, 2.24) is 4.90 Å². The Hall–Kier alpha value is -3.09. The second-order valence-electron chi connectivity index (χ2n) is 9.82. The van der Waals surface area contributed by atoms with E-state index >= 15 is 0 Å². The number of rotatable bonds is 6. The van der Waals surface area contributed by atoms with Gasteiger partial charge in [0.05, 0.1) is 6.61 Å². The van der Waals surface area contributed by atoms with Crippen molar-refractivity contribution < 1.29 is 28.6 Å². The van der Waals surface area contributed by atoms with E-state index in [1.54, 1.807) is 48.5 Å². The number of benzene rings is 2. The molecule has 180 valence electrons. The van der Waals surface area contributed by atoms with Crippen molar-refractivity contribution in [2.45, 2.75) is 78.6 Å². The summed E-state index contributed by atoms with van der Waals surface area (Å²) in [5, 5.41) is 2.17. The molecule has 0 aliphatic carbocycles. The van der Waals surface area contributed by atoms with Crippen molar-refractivity contribution in [3.63, 3.8) is 0 Å². The van der Waals surface area contributed by atoms with E-state index in [-0.39, 0.29) is 13.0 Å². The molecule has 2 amide bonds. The second kappa shape index (κ2) is 10.7. The van der Waals surface area contributed by atoms with Gasteiger partial charge in [-0.3, -0.25) is 0 Å². The Balaban J connectivity index is 2.37. The number of esters is 1. The smallest absolute Gasteiger partial charge is 0.420 e. The summed E-state index contributed by atoms with van der Waals surface area (Å²) in [6.45, 7) is 11.9. The third kappa shape index (κ3) is 8.08. The third-order valence-electron chi connectivity index (χ3n) is 4.57. The van der Waals surface area contributed by atoms with Gasteiger partial charge in [-0.1, -0.05) is 42.5 Å². The van der Waals surface area contributed by atoms with Gasteiger partial charge in [0.2, 0.25) is 0 Å². The SMILES string of the molecule is CCOC(=O)C(CCc1ccc2ccccc2c1)N(C(=O)OC(C)(C)C)C(=O)OC(C)(C)C. The van der Waals surface area contributed by atoms with Crippen molar-refractivity contribution in [3.05, 3.63) is 48.0 Å². The molecule has 0 N–H and O–H groups in total. The number of carbonyl (C=O) groups excluding carboxylic acids is 3. The van der Waals surface area contributed by atoms with Gasteiger partial charge in [-0.25, -0.2) is 14.4 Å². The fourth-order valence-corrected chi connectivity index (χ4v) is 3.24. The Bertz CT molecular complexity index is 958. The highest BCUT2D eigenvalue weighted by Crippen LogP contribution is 2.22. The summed E-state index contributed by atoms with van der Waals surface area (Å²) in [6.07, 6.45) is -1.30. The largest absolute Gasteiger partial charge is 0.464 e. The van der Waals surface area contributed by atoms with Crippen LogP contribution in [0.2, 0.25) is 0 Å². The minimum absolute atomic E-state index is 0.113. The highest BCUT2D eigenvalue weighted by Gasteiger charge is 2.40. The topological polar surface area (TPSA) is 82.1 Å². The molecule has 0 fully saturated rings.